The van der Waals surface area contributed by atoms with Gasteiger partial charge in [0, 0.05) is 11.1 Å². The van der Waals surface area contributed by atoms with Crippen molar-refractivity contribution >= 4 is 18.2 Å². The highest BCUT2D eigenvalue weighted by molar-refractivity contribution is 5.75. The summed E-state index contributed by atoms with van der Waals surface area (Å²) < 4.78 is 142. The van der Waals surface area contributed by atoms with E-state index in [2.05, 4.69) is 11.3 Å². The van der Waals surface area contributed by atoms with E-state index < -0.39 is 69.5 Å². The molecule has 0 fully saturated rings. The quantitative estimate of drug-likeness (QED) is 0.166. The number of hydrogen-bond donors (Lipinski definition) is 0. The van der Waals surface area contributed by atoms with E-state index in [1.165, 1.54) is 18.2 Å². The standard InChI is InChI=1S/C29H14F10O/c1-2-14-3-5-18(20(30)7-14)16-10-21(31)19(22(32)11-16)6-4-15-8-23(33)27(24(34)9-15)17-12-25(35)28(26(36)13-17)40-29(37,38)39/h2-13H,1H2/b6-4+. The third-order valence-corrected chi connectivity index (χ3v) is 5.63. The molecule has 4 rings (SSSR count). The Labute approximate surface area is 220 Å². The molecule has 0 N–H and O–H groups in total. The highest BCUT2D eigenvalue weighted by Crippen LogP contribution is 2.35. The van der Waals surface area contributed by atoms with Gasteiger partial charge >= 0.3 is 6.36 Å². The summed E-state index contributed by atoms with van der Waals surface area (Å²) in [6, 6.07) is 7.53. The van der Waals surface area contributed by atoms with Gasteiger partial charge in [0.05, 0.1) is 5.56 Å². The zero-order valence-electron chi connectivity index (χ0n) is 19.8. The van der Waals surface area contributed by atoms with Crippen molar-refractivity contribution in [3.63, 3.8) is 0 Å². The van der Waals surface area contributed by atoms with Gasteiger partial charge in [0.2, 0.25) is 5.75 Å². The molecule has 0 radical (unpaired) electrons. The third kappa shape index (κ3) is 6.03. The van der Waals surface area contributed by atoms with E-state index in [1.54, 1.807) is 0 Å². The minimum atomic E-state index is -5.42. The summed E-state index contributed by atoms with van der Waals surface area (Å²) in [5, 5.41) is 0. The van der Waals surface area contributed by atoms with Crippen LogP contribution in [-0.2, 0) is 0 Å². The molecule has 0 aliphatic carbocycles. The van der Waals surface area contributed by atoms with E-state index >= 15 is 0 Å². The van der Waals surface area contributed by atoms with Crippen molar-refractivity contribution in [2.45, 2.75) is 6.36 Å². The maximum atomic E-state index is 14.7. The number of halogens is 10. The maximum Gasteiger partial charge on any atom is 0.573 e. The Kier molecular flexibility index (Phi) is 7.77. The molecule has 0 bridgehead atoms. The molecular weight excluding hydrogens is 554 g/mol. The first-order chi connectivity index (χ1) is 18.8. The molecule has 40 heavy (non-hydrogen) atoms. The summed E-state index contributed by atoms with van der Waals surface area (Å²) in [4.78, 5) is 0. The molecule has 0 amide bonds. The highest BCUT2D eigenvalue weighted by Gasteiger charge is 2.34. The number of rotatable bonds is 6. The summed E-state index contributed by atoms with van der Waals surface area (Å²) in [7, 11) is 0. The zero-order chi connectivity index (χ0) is 29.4. The smallest absolute Gasteiger partial charge is 0.399 e. The van der Waals surface area contributed by atoms with Crippen molar-refractivity contribution in [3.05, 3.63) is 119 Å². The van der Waals surface area contributed by atoms with E-state index in [9.17, 15) is 43.9 Å². The maximum absolute atomic E-state index is 14.7. The molecule has 0 spiro atoms. The molecule has 11 heteroatoms. The number of hydrogen-bond acceptors (Lipinski definition) is 1. The van der Waals surface area contributed by atoms with Gasteiger partial charge in [0.25, 0.3) is 0 Å². The van der Waals surface area contributed by atoms with Crippen LogP contribution in [0.25, 0.3) is 40.5 Å². The second kappa shape index (κ2) is 10.9. The minimum absolute atomic E-state index is 0.0791. The second-order valence-electron chi connectivity index (χ2n) is 8.31. The highest BCUT2D eigenvalue weighted by atomic mass is 19.4. The van der Waals surface area contributed by atoms with E-state index in [4.69, 9.17) is 0 Å². The summed E-state index contributed by atoms with van der Waals surface area (Å²) in [6.45, 7) is 3.50. The lowest BCUT2D eigenvalue weighted by Gasteiger charge is -2.13. The summed E-state index contributed by atoms with van der Waals surface area (Å²) in [5.74, 6) is -11.2. The Hall–Kier alpha value is -4.54. The first kappa shape index (κ1) is 28.5. The molecular formula is C29H14F10O. The Morgan fingerprint density at radius 3 is 1.60 bits per heavy atom. The monoisotopic (exact) mass is 568 g/mol. The van der Waals surface area contributed by atoms with Gasteiger partial charge in [-0.2, -0.15) is 0 Å². The fourth-order valence-corrected chi connectivity index (χ4v) is 3.85. The van der Waals surface area contributed by atoms with Crippen LogP contribution in [0.4, 0.5) is 43.9 Å². The molecule has 0 saturated heterocycles. The lowest BCUT2D eigenvalue weighted by Crippen LogP contribution is -2.19. The van der Waals surface area contributed by atoms with Crippen LogP contribution in [0.5, 0.6) is 5.75 Å². The molecule has 1 nitrogen and oxygen atoms in total. The SMILES string of the molecule is C=Cc1ccc(-c2cc(F)c(/C=C/c3cc(F)c(-c4cc(F)c(OC(F)(F)F)c(F)c4)c(F)c3)c(F)c2)c(F)c1. The van der Waals surface area contributed by atoms with E-state index in [0.29, 0.717) is 17.7 Å². The van der Waals surface area contributed by atoms with Crippen LogP contribution in [0.1, 0.15) is 16.7 Å². The Morgan fingerprint density at radius 1 is 0.575 bits per heavy atom. The van der Waals surface area contributed by atoms with Crippen LogP contribution in [0.3, 0.4) is 0 Å². The number of ether oxygens (including phenoxy) is 1. The van der Waals surface area contributed by atoms with Crippen LogP contribution >= 0.6 is 0 Å². The van der Waals surface area contributed by atoms with Crippen molar-refractivity contribution in [2.75, 3.05) is 0 Å². The number of benzene rings is 4. The molecule has 206 valence electrons. The summed E-state index contributed by atoms with van der Waals surface area (Å²) in [5.41, 5.74) is -2.34. The van der Waals surface area contributed by atoms with Crippen molar-refractivity contribution < 1.29 is 48.6 Å². The largest absolute Gasteiger partial charge is 0.573 e. The van der Waals surface area contributed by atoms with E-state index in [0.717, 1.165) is 30.4 Å². The molecule has 4 aromatic rings. The van der Waals surface area contributed by atoms with Gasteiger partial charge in [-0.1, -0.05) is 30.9 Å². The van der Waals surface area contributed by atoms with Crippen LogP contribution in [0, 0.1) is 40.7 Å². The van der Waals surface area contributed by atoms with Gasteiger partial charge in [-0.15, -0.1) is 13.2 Å². The predicted octanol–water partition coefficient (Wildman–Crippen LogP) is 9.71. The van der Waals surface area contributed by atoms with Gasteiger partial charge in [-0.25, -0.2) is 30.7 Å². The average Bonchev–Trinajstić information content (AvgIpc) is 2.84. The van der Waals surface area contributed by atoms with Crippen molar-refractivity contribution in [1.82, 2.24) is 0 Å². The molecule has 0 unspecified atom stereocenters. The van der Waals surface area contributed by atoms with E-state index in [-0.39, 0.29) is 28.8 Å². The van der Waals surface area contributed by atoms with Crippen LogP contribution in [0.15, 0.2) is 61.2 Å². The fraction of sp³-hybridized carbons (Fsp3) is 0.0345. The lowest BCUT2D eigenvalue weighted by molar-refractivity contribution is -0.276. The van der Waals surface area contributed by atoms with Crippen molar-refractivity contribution in [1.29, 1.82) is 0 Å². The lowest BCUT2D eigenvalue weighted by atomic mass is 9.99. The first-order valence-electron chi connectivity index (χ1n) is 11.1. The van der Waals surface area contributed by atoms with E-state index in [1.807, 2.05) is 0 Å². The molecule has 0 atom stereocenters. The predicted molar refractivity (Wildman–Crippen MR) is 129 cm³/mol. The molecule has 0 saturated carbocycles. The second-order valence-corrected chi connectivity index (χ2v) is 8.31. The summed E-state index contributed by atoms with van der Waals surface area (Å²) in [6.07, 6.45) is -2.22. The van der Waals surface area contributed by atoms with Crippen molar-refractivity contribution in [2.24, 2.45) is 0 Å². The Bertz CT molecular complexity index is 1580. The zero-order valence-corrected chi connectivity index (χ0v) is 19.8. The average molecular weight is 568 g/mol. The van der Waals surface area contributed by atoms with Crippen LogP contribution in [0.2, 0.25) is 0 Å². The van der Waals surface area contributed by atoms with Crippen LogP contribution < -0.4 is 4.74 Å². The summed E-state index contributed by atoms with van der Waals surface area (Å²) >= 11 is 0. The van der Waals surface area contributed by atoms with Crippen LogP contribution in [-0.4, -0.2) is 6.36 Å². The van der Waals surface area contributed by atoms with Gasteiger partial charge in [-0.05, 0) is 70.8 Å². The third-order valence-electron chi connectivity index (χ3n) is 5.63. The topological polar surface area (TPSA) is 9.23 Å². The van der Waals surface area contributed by atoms with Gasteiger partial charge in [-0.3, -0.25) is 0 Å². The number of alkyl halides is 3. The molecule has 0 aliphatic heterocycles. The van der Waals surface area contributed by atoms with Gasteiger partial charge < -0.3 is 4.74 Å². The normalized spacial score (nSPS) is 11.8. The minimum Gasteiger partial charge on any atom is -0.399 e. The van der Waals surface area contributed by atoms with Gasteiger partial charge in [0.1, 0.15) is 29.1 Å². The molecule has 0 aromatic heterocycles. The van der Waals surface area contributed by atoms with Gasteiger partial charge in [0.15, 0.2) is 11.6 Å². The Morgan fingerprint density at radius 2 is 1.10 bits per heavy atom. The molecule has 4 aromatic carbocycles. The molecule has 0 aliphatic rings. The van der Waals surface area contributed by atoms with Crippen molar-refractivity contribution in [3.8, 4) is 28.0 Å². The molecule has 0 heterocycles. The Balaban J connectivity index is 1.64. The fourth-order valence-electron chi connectivity index (χ4n) is 3.85. The first-order valence-corrected chi connectivity index (χ1v) is 11.1.